The maximum atomic E-state index is 12.2. The quantitative estimate of drug-likeness (QED) is 0.762. The number of nitrogens with one attached hydrogen (secondary N) is 1. The zero-order chi connectivity index (χ0) is 16.2. The smallest absolute Gasteiger partial charge is 0.231 e. The van der Waals surface area contributed by atoms with E-state index >= 15 is 0 Å². The van der Waals surface area contributed by atoms with Crippen LogP contribution in [0.1, 0.15) is 15.4 Å². The van der Waals surface area contributed by atoms with Gasteiger partial charge in [0.2, 0.25) is 5.91 Å². The molecule has 0 bridgehead atoms. The van der Waals surface area contributed by atoms with Crippen LogP contribution in [0.3, 0.4) is 0 Å². The van der Waals surface area contributed by atoms with Gasteiger partial charge in [-0.15, -0.1) is 11.3 Å². The number of thiazole rings is 1. The molecule has 3 nitrogen and oxygen atoms in total. The van der Waals surface area contributed by atoms with Crippen molar-refractivity contribution in [2.24, 2.45) is 0 Å². The molecule has 0 spiro atoms. The van der Waals surface area contributed by atoms with Gasteiger partial charge in [-0.1, -0.05) is 48.5 Å². The molecule has 0 aliphatic rings. The van der Waals surface area contributed by atoms with Crippen molar-refractivity contribution in [3.8, 4) is 11.3 Å². The normalized spacial score (nSPS) is 10.5. The van der Waals surface area contributed by atoms with E-state index in [1.807, 2.05) is 68.4 Å². The summed E-state index contributed by atoms with van der Waals surface area (Å²) in [5.74, 6) is -0.0346. The van der Waals surface area contributed by atoms with E-state index in [4.69, 9.17) is 0 Å². The van der Waals surface area contributed by atoms with Gasteiger partial charge in [0.05, 0.1) is 12.1 Å². The minimum absolute atomic E-state index is 0.0346. The van der Waals surface area contributed by atoms with Gasteiger partial charge in [-0.05, 0) is 25.5 Å². The molecule has 3 rings (SSSR count). The highest BCUT2D eigenvalue weighted by atomic mass is 32.1. The fourth-order valence-electron chi connectivity index (χ4n) is 2.44. The second-order valence-corrected chi connectivity index (χ2v) is 6.71. The molecular weight excluding hydrogens is 304 g/mol. The van der Waals surface area contributed by atoms with E-state index in [1.54, 1.807) is 11.3 Å². The number of para-hydroxylation sites is 1. The van der Waals surface area contributed by atoms with Gasteiger partial charge in [0.1, 0.15) is 5.01 Å². The fourth-order valence-corrected chi connectivity index (χ4v) is 3.39. The van der Waals surface area contributed by atoms with Crippen LogP contribution in [-0.4, -0.2) is 10.9 Å². The van der Waals surface area contributed by atoms with E-state index in [-0.39, 0.29) is 5.91 Å². The molecule has 3 aromatic rings. The molecular formula is C19H18N2OS. The van der Waals surface area contributed by atoms with Gasteiger partial charge in [-0.3, -0.25) is 4.79 Å². The standard InChI is InChI=1S/C19H18N2OS/c1-13-8-6-7-11-16(13)20-17(22)12-18-21-19(14(2)23-18)15-9-4-3-5-10-15/h3-11H,12H2,1-2H3,(H,20,22). The molecule has 0 unspecified atom stereocenters. The van der Waals surface area contributed by atoms with Crippen molar-refractivity contribution in [1.29, 1.82) is 0 Å². The van der Waals surface area contributed by atoms with E-state index in [0.717, 1.165) is 32.4 Å². The van der Waals surface area contributed by atoms with E-state index in [2.05, 4.69) is 10.3 Å². The van der Waals surface area contributed by atoms with Crippen LogP contribution < -0.4 is 5.32 Å². The van der Waals surface area contributed by atoms with Crippen LogP contribution in [-0.2, 0) is 11.2 Å². The van der Waals surface area contributed by atoms with Crippen molar-refractivity contribution in [3.63, 3.8) is 0 Å². The first-order valence-corrected chi connectivity index (χ1v) is 8.32. The summed E-state index contributed by atoms with van der Waals surface area (Å²) < 4.78 is 0. The van der Waals surface area contributed by atoms with Crippen molar-refractivity contribution in [1.82, 2.24) is 4.98 Å². The lowest BCUT2D eigenvalue weighted by Gasteiger charge is -2.06. The van der Waals surface area contributed by atoms with Gasteiger partial charge in [-0.2, -0.15) is 0 Å². The number of rotatable bonds is 4. The molecule has 0 aliphatic heterocycles. The Morgan fingerprint density at radius 3 is 2.48 bits per heavy atom. The summed E-state index contributed by atoms with van der Waals surface area (Å²) >= 11 is 1.58. The minimum atomic E-state index is -0.0346. The van der Waals surface area contributed by atoms with E-state index in [9.17, 15) is 4.79 Å². The van der Waals surface area contributed by atoms with Crippen molar-refractivity contribution < 1.29 is 4.79 Å². The van der Waals surface area contributed by atoms with Crippen LogP contribution in [0.4, 0.5) is 5.69 Å². The largest absolute Gasteiger partial charge is 0.325 e. The summed E-state index contributed by atoms with van der Waals surface area (Å²) in [5.41, 5.74) is 3.97. The zero-order valence-electron chi connectivity index (χ0n) is 13.2. The molecule has 1 aromatic heterocycles. The van der Waals surface area contributed by atoms with Crippen LogP contribution in [0.5, 0.6) is 0 Å². The summed E-state index contributed by atoms with van der Waals surface area (Å²) in [6.07, 6.45) is 0.298. The Bertz CT molecular complexity index is 824. The summed E-state index contributed by atoms with van der Waals surface area (Å²) in [7, 11) is 0. The van der Waals surface area contributed by atoms with Crippen LogP contribution in [0.15, 0.2) is 54.6 Å². The van der Waals surface area contributed by atoms with E-state index < -0.39 is 0 Å². The van der Waals surface area contributed by atoms with Crippen LogP contribution in [0, 0.1) is 13.8 Å². The molecule has 1 heterocycles. The Hall–Kier alpha value is -2.46. The van der Waals surface area contributed by atoms with Crippen LogP contribution >= 0.6 is 11.3 Å². The lowest BCUT2D eigenvalue weighted by atomic mass is 10.1. The first-order chi connectivity index (χ1) is 11.1. The molecule has 1 N–H and O–H groups in total. The first kappa shape index (κ1) is 15.4. The van der Waals surface area contributed by atoms with Crippen LogP contribution in [0.25, 0.3) is 11.3 Å². The lowest BCUT2D eigenvalue weighted by molar-refractivity contribution is -0.115. The number of hydrogen-bond donors (Lipinski definition) is 1. The number of anilines is 1. The molecule has 0 radical (unpaired) electrons. The summed E-state index contributed by atoms with van der Waals surface area (Å²) in [6.45, 7) is 4.03. The molecule has 2 aromatic carbocycles. The van der Waals surface area contributed by atoms with Gasteiger partial charge in [0.15, 0.2) is 0 Å². The van der Waals surface area contributed by atoms with Crippen LogP contribution in [0.2, 0.25) is 0 Å². The monoisotopic (exact) mass is 322 g/mol. The van der Waals surface area contributed by atoms with Crippen molar-refractivity contribution in [2.75, 3.05) is 5.32 Å². The van der Waals surface area contributed by atoms with Gasteiger partial charge in [-0.25, -0.2) is 4.98 Å². The fraction of sp³-hybridized carbons (Fsp3) is 0.158. The number of benzene rings is 2. The van der Waals surface area contributed by atoms with Gasteiger partial charge >= 0.3 is 0 Å². The average Bonchev–Trinajstić information content (AvgIpc) is 2.91. The third-order valence-electron chi connectivity index (χ3n) is 3.62. The predicted molar refractivity (Wildman–Crippen MR) is 95.8 cm³/mol. The molecule has 116 valence electrons. The predicted octanol–water partition coefficient (Wildman–Crippen LogP) is 4.61. The highest BCUT2D eigenvalue weighted by Crippen LogP contribution is 2.27. The highest BCUT2D eigenvalue weighted by molar-refractivity contribution is 7.12. The Balaban J connectivity index is 1.74. The van der Waals surface area contributed by atoms with E-state index in [0.29, 0.717) is 6.42 Å². The highest BCUT2D eigenvalue weighted by Gasteiger charge is 2.13. The van der Waals surface area contributed by atoms with E-state index in [1.165, 1.54) is 0 Å². The van der Waals surface area contributed by atoms with Crippen molar-refractivity contribution >= 4 is 22.9 Å². The Morgan fingerprint density at radius 2 is 1.74 bits per heavy atom. The molecule has 4 heteroatoms. The summed E-state index contributed by atoms with van der Waals surface area (Å²) in [6, 6.07) is 17.8. The number of hydrogen-bond acceptors (Lipinski definition) is 3. The molecule has 1 amide bonds. The second kappa shape index (κ2) is 6.75. The summed E-state index contributed by atoms with van der Waals surface area (Å²) in [5, 5.41) is 3.80. The number of nitrogens with zero attached hydrogens (tertiary/aromatic N) is 1. The second-order valence-electron chi connectivity index (χ2n) is 5.42. The number of aromatic nitrogens is 1. The Kier molecular flexibility index (Phi) is 4.53. The van der Waals surface area contributed by atoms with Gasteiger partial charge < -0.3 is 5.32 Å². The third kappa shape index (κ3) is 3.66. The molecule has 23 heavy (non-hydrogen) atoms. The molecule has 0 atom stereocenters. The average molecular weight is 322 g/mol. The summed E-state index contributed by atoms with van der Waals surface area (Å²) in [4.78, 5) is 18.0. The molecule has 0 saturated carbocycles. The third-order valence-corrected chi connectivity index (χ3v) is 4.59. The lowest BCUT2D eigenvalue weighted by Crippen LogP contribution is -2.14. The number of aryl methyl sites for hydroxylation is 2. The van der Waals surface area contributed by atoms with Crippen molar-refractivity contribution in [3.05, 3.63) is 70.0 Å². The molecule has 0 aliphatic carbocycles. The number of carbonyl (C=O) groups is 1. The first-order valence-electron chi connectivity index (χ1n) is 7.50. The molecule has 0 fully saturated rings. The van der Waals surface area contributed by atoms with Gasteiger partial charge in [0, 0.05) is 16.1 Å². The number of amides is 1. The zero-order valence-corrected chi connectivity index (χ0v) is 14.0. The van der Waals surface area contributed by atoms with Crippen molar-refractivity contribution in [2.45, 2.75) is 20.3 Å². The minimum Gasteiger partial charge on any atom is -0.325 e. The number of carbonyl (C=O) groups excluding carboxylic acids is 1. The Morgan fingerprint density at radius 1 is 1.04 bits per heavy atom. The molecule has 0 saturated heterocycles. The maximum Gasteiger partial charge on any atom is 0.231 e. The topological polar surface area (TPSA) is 42.0 Å². The van der Waals surface area contributed by atoms with Gasteiger partial charge in [0.25, 0.3) is 0 Å². The SMILES string of the molecule is Cc1ccccc1NC(=O)Cc1nc(-c2ccccc2)c(C)s1. The maximum absolute atomic E-state index is 12.2. The Labute approximate surface area is 140 Å².